The third-order valence-electron chi connectivity index (χ3n) is 1.75. The predicted molar refractivity (Wildman–Crippen MR) is 58.5 cm³/mol. The van der Waals surface area contributed by atoms with Crippen molar-refractivity contribution in [2.24, 2.45) is 10.8 Å². The second-order valence-corrected chi connectivity index (χ2v) is 3.44. The van der Waals surface area contributed by atoms with E-state index in [1.807, 2.05) is 24.3 Å². The van der Waals surface area contributed by atoms with Crippen LogP contribution in [-0.4, -0.2) is 12.9 Å². The zero-order valence-electron chi connectivity index (χ0n) is 7.42. The highest BCUT2D eigenvalue weighted by Gasteiger charge is 2.01. The molecule has 0 aliphatic carbocycles. The van der Waals surface area contributed by atoms with Crippen LogP contribution in [0, 0.1) is 0 Å². The van der Waals surface area contributed by atoms with Crippen LogP contribution in [0.2, 0.25) is 0 Å². The molecular formula is C9H12BrN3. The van der Waals surface area contributed by atoms with Crippen molar-refractivity contribution in [3.05, 3.63) is 34.3 Å². The molecule has 1 rings (SSSR count). The van der Waals surface area contributed by atoms with Crippen molar-refractivity contribution in [1.82, 2.24) is 5.43 Å². The Morgan fingerprint density at radius 3 is 2.77 bits per heavy atom. The fraction of sp³-hybridized carbons (Fsp3) is 0.222. The number of amidine groups is 1. The van der Waals surface area contributed by atoms with Crippen molar-refractivity contribution < 1.29 is 0 Å². The van der Waals surface area contributed by atoms with Crippen molar-refractivity contribution in [1.29, 1.82) is 0 Å². The summed E-state index contributed by atoms with van der Waals surface area (Å²) in [6.07, 6.45) is 0.717. The monoisotopic (exact) mass is 241 g/mol. The second-order valence-electron chi connectivity index (χ2n) is 2.58. The van der Waals surface area contributed by atoms with Gasteiger partial charge in [-0.15, -0.1) is 0 Å². The SMILES string of the molecule is CN=C(Cc1ccccc1Br)NN. The lowest BCUT2D eigenvalue weighted by atomic mass is 10.1. The maximum atomic E-state index is 5.29. The van der Waals surface area contributed by atoms with Gasteiger partial charge in [-0.1, -0.05) is 34.1 Å². The minimum absolute atomic E-state index is 0.717. The number of aliphatic imine (C=N–C) groups is 1. The number of hydrogen-bond donors (Lipinski definition) is 2. The first kappa shape index (κ1) is 10.2. The van der Waals surface area contributed by atoms with Gasteiger partial charge in [0.1, 0.15) is 5.84 Å². The zero-order chi connectivity index (χ0) is 9.68. The third-order valence-corrected chi connectivity index (χ3v) is 2.53. The Bertz CT molecular complexity index is 309. The highest BCUT2D eigenvalue weighted by Crippen LogP contribution is 2.16. The summed E-state index contributed by atoms with van der Waals surface area (Å²) in [5, 5.41) is 0. The van der Waals surface area contributed by atoms with Crippen LogP contribution in [0.3, 0.4) is 0 Å². The predicted octanol–water partition coefficient (Wildman–Crippen LogP) is 1.48. The maximum Gasteiger partial charge on any atom is 0.114 e. The molecule has 0 fully saturated rings. The van der Waals surface area contributed by atoms with E-state index in [9.17, 15) is 0 Å². The smallest absolute Gasteiger partial charge is 0.114 e. The molecule has 0 saturated heterocycles. The Morgan fingerprint density at radius 1 is 1.54 bits per heavy atom. The fourth-order valence-corrected chi connectivity index (χ4v) is 1.44. The molecule has 0 aliphatic rings. The Labute approximate surface area is 86.1 Å². The summed E-state index contributed by atoms with van der Waals surface area (Å²) in [5.74, 6) is 6.06. The molecule has 0 radical (unpaired) electrons. The Hall–Kier alpha value is -0.870. The normalized spacial score (nSPS) is 11.5. The lowest BCUT2D eigenvalue weighted by molar-refractivity contribution is 0.980. The molecule has 0 aromatic heterocycles. The molecule has 0 unspecified atom stereocenters. The molecular weight excluding hydrogens is 230 g/mol. The molecule has 1 aromatic rings. The summed E-state index contributed by atoms with van der Waals surface area (Å²) in [4.78, 5) is 4.00. The van der Waals surface area contributed by atoms with Gasteiger partial charge in [-0.05, 0) is 11.6 Å². The first-order valence-electron chi connectivity index (χ1n) is 3.93. The largest absolute Gasteiger partial charge is 0.312 e. The number of hydrogen-bond acceptors (Lipinski definition) is 2. The van der Waals surface area contributed by atoms with Crippen LogP contribution >= 0.6 is 15.9 Å². The molecule has 0 amide bonds. The van der Waals surface area contributed by atoms with Crippen molar-refractivity contribution in [3.63, 3.8) is 0 Å². The van der Waals surface area contributed by atoms with Gasteiger partial charge in [-0.2, -0.15) is 0 Å². The number of halogens is 1. The van der Waals surface area contributed by atoms with Gasteiger partial charge < -0.3 is 5.43 Å². The van der Waals surface area contributed by atoms with Crippen LogP contribution in [-0.2, 0) is 6.42 Å². The van der Waals surface area contributed by atoms with E-state index in [1.165, 1.54) is 5.56 Å². The number of nitrogens with zero attached hydrogens (tertiary/aromatic N) is 1. The summed E-state index contributed by atoms with van der Waals surface area (Å²) in [5.41, 5.74) is 3.72. The van der Waals surface area contributed by atoms with E-state index in [2.05, 4.69) is 26.3 Å². The van der Waals surface area contributed by atoms with Crippen LogP contribution in [0.5, 0.6) is 0 Å². The van der Waals surface area contributed by atoms with Gasteiger partial charge in [0.25, 0.3) is 0 Å². The van der Waals surface area contributed by atoms with Gasteiger partial charge in [-0.25, -0.2) is 5.84 Å². The van der Waals surface area contributed by atoms with E-state index >= 15 is 0 Å². The van der Waals surface area contributed by atoms with Crippen LogP contribution < -0.4 is 11.3 Å². The molecule has 13 heavy (non-hydrogen) atoms. The van der Waals surface area contributed by atoms with E-state index in [-0.39, 0.29) is 0 Å². The fourth-order valence-electron chi connectivity index (χ4n) is 1.02. The highest BCUT2D eigenvalue weighted by molar-refractivity contribution is 9.10. The molecule has 4 heteroatoms. The summed E-state index contributed by atoms with van der Waals surface area (Å²) >= 11 is 3.46. The van der Waals surface area contributed by atoms with Crippen LogP contribution in [0.25, 0.3) is 0 Å². The molecule has 0 saturated carbocycles. The zero-order valence-corrected chi connectivity index (χ0v) is 9.01. The topological polar surface area (TPSA) is 50.4 Å². The molecule has 3 N–H and O–H groups in total. The molecule has 0 heterocycles. The number of nitrogens with one attached hydrogen (secondary N) is 1. The number of rotatable bonds is 2. The van der Waals surface area contributed by atoms with Crippen molar-refractivity contribution in [2.45, 2.75) is 6.42 Å². The number of hydrazine groups is 1. The molecule has 0 bridgehead atoms. The van der Waals surface area contributed by atoms with Gasteiger partial charge >= 0.3 is 0 Å². The Morgan fingerprint density at radius 2 is 2.23 bits per heavy atom. The first-order valence-corrected chi connectivity index (χ1v) is 4.73. The van der Waals surface area contributed by atoms with E-state index in [4.69, 9.17) is 5.84 Å². The summed E-state index contributed by atoms with van der Waals surface area (Å²) < 4.78 is 1.08. The van der Waals surface area contributed by atoms with Crippen LogP contribution in [0.15, 0.2) is 33.7 Å². The molecule has 0 aliphatic heterocycles. The van der Waals surface area contributed by atoms with E-state index in [1.54, 1.807) is 7.05 Å². The van der Waals surface area contributed by atoms with Crippen molar-refractivity contribution in [2.75, 3.05) is 7.05 Å². The number of nitrogens with two attached hydrogens (primary N) is 1. The highest BCUT2D eigenvalue weighted by atomic mass is 79.9. The summed E-state index contributed by atoms with van der Waals surface area (Å²) in [6, 6.07) is 8.00. The molecule has 0 spiro atoms. The van der Waals surface area contributed by atoms with E-state index in [0.717, 1.165) is 10.3 Å². The summed E-state index contributed by atoms with van der Waals surface area (Å²) in [6.45, 7) is 0. The second kappa shape index (κ2) is 4.99. The van der Waals surface area contributed by atoms with Gasteiger partial charge in [0, 0.05) is 17.9 Å². The standard InChI is InChI=1S/C9H12BrN3/c1-12-9(13-11)6-7-4-2-3-5-8(7)10/h2-5H,6,11H2,1H3,(H,12,13). The van der Waals surface area contributed by atoms with E-state index in [0.29, 0.717) is 6.42 Å². The lowest BCUT2D eigenvalue weighted by Crippen LogP contribution is -2.31. The molecule has 70 valence electrons. The van der Waals surface area contributed by atoms with Crippen LogP contribution in [0.4, 0.5) is 0 Å². The van der Waals surface area contributed by atoms with Gasteiger partial charge in [0.15, 0.2) is 0 Å². The molecule has 0 atom stereocenters. The quantitative estimate of drug-likeness (QED) is 0.357. The average Bonchev–Trinajstić information content (AvgIpc) is 2.17. The van der Waals surface area contributed by atoms with Gasteiger partial charge in [0.2, 0.25) is 0 Å². The number of benzene rings is 1. The van der Waals surface area contributed by atoms with Gasteiger partial charge in [-0.3, -0.25) is 4.99 Å². The Balaban J connectivity index is 2.80. The first-order chi connectivity index (χ1) is 6.27. The van der Waals surface area contributed by atoms with Gasteiger partial charge in [0.05, 0.1) is 0 Å². The third kappa shape index (κ3) is 2.82. The minimum Gasteiger partial charge on any atom is -0.312 e. The van der Waals surface area contributed by atoms with Crippen LogP contribution in [0.1, 0.15) is 5.56 Å². The maximum absolute atomic E-state index is 5.29. The molecule has 1 aromatic carbocycles. The van der Waals surface area contributed by atoms with E-state index < -0.39 is 0 Å². The molecule has 3 nitrogen and oxygen atoms in total. The Kier molecular flexibility index (Phi) is 3.92. The lowest BCUT2D eigenvalue weighted by Gasteiger charge is -2.05. The average molecular weight is 242 g/mol. The van der Waals surface area contributed by atoms with Crippen molar-refractivity contribution >= 4 is 21.8 Å². The van der Waals surface area contributed by atoms with Crippen molar-refractivity contribution in [3.8, 4) is 0 Å². The summed E-state index contributed by atoms with van der Waals surface area (Å²) in [7, 11) is 1.71. The minimum atomic E-state index is 0.717.